The van der Waals surface area contributed by atoms with E-state index in [4.69, 9.17) is 4.74 Å². The molecule has 1 aliphatic heterocycles. The number of aryl methyl sites for hydroxylation is 2. The van der Waals surface area contributed by atoms with Crippen LogP contribution in [0.1, 0.15) is 29.8 Å². The van der Waals surface area contributed by atoms with Crippen LogP contribution in [0.5, 0.6) is 5.75 Å². The van der Waals surface area contributed by atoms with Gasteiger partial charge in [0.1, 0.15) is 11.6 Å². The molecule has 1 aromatic heterocycles. The Morgan fingerprint density at radius 2 is 1.97 bits per heavy atom. The van der Waals surface area contributed by atoms with Gasteiger partial charge in [0.2, 0.25) is 10.0 Å². The van der Waals surface area contributed by atoms with E-state index in [9.17, 15) is 13.2 Å². The number of sulfonamides is 1. The number of hydrogen-bond donors (Lipinski definition) is 1. The molecule has 0 bridgehead atoms. The van der Waals surface area contributed by atoms with Crippen LogP contribution >= 0.6 is 0 Å². The zero-order chi connectivity index (χ0) is 22.0. The molecule has 1 unspecified atom stereocenters. The predicted molar refractivity (Wildman–Crippen MR) is 117 cm³/mol. The first-order chi connectivity index (χ1) is 14.9. The molecule has 164 valence electrons. The quantitative estimate of drug-likeness (QED) is 0.631. The molecule has 9 heteroatoms. The number of nitrogens with zero attached hydrogens (tertiary/aromatic N) is 3. The second-order valence-electron chi connectivity index (χ2n) is 7.77. The van der Waals surface area contributed by atoms with Crippen molar-refractivity contribution in [2.45, 2.75) is 50.2 Å². The average Bonchev–Trinajstić information content (AvgIpc) is 2.91. The third-order valence-corrected chi connectivity index (χ3v) is 7.27. The highest BCUT2D eigenvalue weighted by Crippen LogP contribution is 2.19. The molecule has 31 heavy (non-hydrogen) atoms. The molecular formula is C22H26N4O4S. The summed E-state index contributed by atoms with van der Waals surface area (Å²) in [6, 6.07) is 14.2. The Hall–Kier alpha value is -2.91. The van der Waals surface area contributed by atoms with Gasteiger partial charge < -0.3 is 4.74 Å². The van der Waals surface area contributed by atoms with Crippen LogP contribution in [0.3, 0.4) is 0 Å². The summed E-state index contributed by atoms with van der Waals surface area (Å²) in [5.41, 5.74) is 1.45. The molecule has 1 N–H and O–H groups in total. The van der Waals surface area contributed by atoms with E-state index in [0.29, 0.717) is 43.7 Å². The van der Waals surface area contributed by atoms with Crippen LogP contribution in [-0.2, 0) is 29.5 Å². The van der Waals surface area contributed by atoms with Crippen molar-refractivity contribution in [1.29, 1.82) is 0 Å². The maximum atomic E-state index is 12.9. The van der Waals surface area contributed by atoms with Gasteiger partial charge in [0.05, 0.1) is 18.6 Å². The Morgan fingerprint density at radius 1 is 1.16 bits per heavy atom. The summed E-state index contributed by atoms with van der Waals surface area (Å²) in [6.07, 6.45) is 1.64. The summed E-state index contributed by atoms with van der Waals surface area (Å²) in [4.78, 5) is 13.2. The molecule has 0 spiro atoms. The van der Waals surface area contributed by atoms with E-state index >= 15 is 0 Å². The summed E-state index contributed by atoms with van der Waals surface area (Å²) >= 11 is 0. The standard InChI is InChI=1S/C22H26N4O4S/c1-16-6-3-4-9-20(16)31(28,29)24-18-10-11-21-23-26(22(27)25(21)13-12-18)15-17-7-5-8-19(14-17)30-2/h3-9,14,18,24H,10-13,15H2,1-2H3. The maximum Gasteiger partial charge on any atom is 0.346 e. The van der Waals surface area contributed by atoms with Gasteiger partial charge in [0.15, 0.2) is 0 Å². The van der Waals surface area contributed by atoms with E-state index in [2.05, 4.69) is 9.82 Å². The molecule has 0 saturated heterocycles. The molecule has 0 amide bonds. The number of nitrogens with one attached hydrogen (secondary N) is 1. The molecule has 1 atom stereocenters. The van der Waals surface area contributed by atoms with Crippen LogP contribution in [0.2, 0.25) is 0 Å². The van der Waals surface area contributed by atoms with Gasteiger partial charge in [-0.1, -0.05) is 30.3 Å². The highest BCUT2D eigenvalue weighted by molar-refractivity contribution is 7.89. The van der Waals surface area contributed by atoms with Crippen molar-refractivity contribution in [2.75, 3.05) is 7.11 Å². The first-order valence-electron chi connectivity index (χ1n) is 10.2. The zero-order valence-electron chi connectivity index (χ0n) is 17.6. The summed E-state index contributed by atoms with van der Waals surface area (Å²) in [5.74, 6) is 1.42. The molecule has 0 radical (unpaired) electrons. The van der Waals surface area contributed by atoms with Crippen LogP contribution in [0, 0.1) is 6.92 Å². The van der Waals surface area contributed by atoms with Crippen molar-refractivity contribution in [3.05, 3.63) is 76.0 Å². The van der Waals surface area contributed by atoms with Crippen LogP contribution < -0.4 is 15.1 Å². The van der Waals surface area contributed by atoms with E-state index in [1.807, 2.05) is 30.3 Å². The summed E-state index contributed by atoms with van der Waals surface area (Å²) in [6.45, 7) is 2.56. The smallest absolute Gasteiger partial charge is 0.346 e. The summed E-state index contributed by atoms with van der Waals surface area (Å²) in [7, 11) is -2.01. The second kappa shape index (κ2) is 8.68. The van der Waals surface area contributed by atoms with Crippen LogP contribution in [0.4, 0.5) is 0 Å². The Labute approximate surface area is 181 Å². The predicted octanol–water partition coefficient (Wildman–Crippen LogP) is 2.09. The fourth-order valence-electron chi connectivity index (χ4n) is 3.93. The molecule has 2 aromatic carbocycles. The molecule has 2 heterocycles. The normalized spacial score (nSPS) is 16.5. The lowest BCUT2D eigenvalue weighted by atomic mass is 10.1. The van der Waals surface area contributed by atoms with Crippen molar-refractivity contribution in [1.82, 2.24) is 19.1 Å². The highest BCUT2D eigenvalue weighted by Gasteiger charge is 2.26. The van der Waals surface area contributed by atoms with Gasteiger partial charge in [-0.25, -0.2) is 22.6 Å². The second-order valence-corrected chi connectivity index (χ2v) is 9.45. The van der Waals surface area contributed by atoms with Gasteiger partial charge in [-0.15, -0.1) is 0 Å². The van der Waals surface area contributed by atoms with E-state index in [1.54, 1.807) is 36.8 Å². The Kier molecular flexibility index (Phi) is 5.97. The molecule has 0 fully saturated rings. The number of hydrogen-bond acceptors (Lipinski definition) is 5. The van der Waals surface area contributed by atoms with Gasteiger partial charge in [0, 0.05) is 19.0 Å². The maximum absolute atomic E-state index is 12.9. The van der Waals surface area contributed by atoms with E-state index < -0.39 is 10.0 Å². The molecule has 3 aromatic rings. The van der Waals surface area contributed by atoms with Crippen LogP contribution in [0.15, 0.2) is 58.2 Å². The Morgan fingerprint density at radius 3 is 2.74 bits per heavy atom. The number of ether oxygens (including phenoxy) is 1. The largest absolute Gasteiger partial charge is 0.497 e. The van der Waals surface area contributed by atoms with Gasteiger partial charge in [-0.2, -0.15) is 5.10 Å². The number of methoxy groups -OCH3 is 1. The summed E-state index contributed by atoms with van der Waals surface area (Å²) < 4.78 is 36.8. The van der Waals surface area contributed by atoms with E-state index in [1.165, 1.54) is 4.68 Å². The number of aromatic nitrogens is 3. The number of fused-ring (bicyclic) bond motifs is 1. The first kappa shape index (κ1) is 21.3. The third kappa shape index (κ3) is 4.57. The lowest BCUT2D eigenvalue weighted by molar-refractivity contribution is 0.414. The molecule has 0 aliphatic carbocycles. The fourth-order valence-corrected chi connectivity index (χ4v) is 5.48. The van der Waals surface area contributed by atoms with Gasteiger partial charge in [0.25, 0.3) is 0 Å². The van der Waals surface area contributed by atoms with Gasteiger partial charge >= 0.3 is 5.69 Å². The lowest BCUT2D eigenvalue weighted by Crippen LogP contribution is -2.36. The van der Waals surface area contributed by atoms with Gasteiger partial charge in [-0.3, -0.25) is 4.57 Å². The van der Waals surface area contributed by atoms with Crippen molar-refractivity contribution >= 4 is 10.0 Å². The average molecular weight is 443 g/mol. The van der Waals surface area contributed by atoms with Crippen molar-refractivity contribution < 1.29 is 13.2 Å². The molecule has 4 rings (SSSR count). The van der Waals surface area contributed by atoms with Crippen molar-refractivity contribution in [3.63, 3.8) is 0 Å². The fraction of sp³-hybridized carbons (Fsp3) is 0.364. The molecule has 0 saturated carbocycles. The van der Waals surface area contributed by atoms with E-state index in [0.717, 1.165) is 11.3 Å². The van der Waals surface area contributed by atoms with Crippen LogP contribution in [0.25, 0.3) is 0 Å². The summed E-state index contributed by atoms with van der Waals surface area (Å²) in [5, 5.41) is 4.51. The van der Waals surface area contributed by atoms with Crippen molar-refractivity contribution in [3.8, 4) is 5.75 Å². The van der Waals surface area contributed by atoms with E-state index in [-0.39, 0.29) is 16.6 Å². The topological polar surface area (TPSA) is 95.2 Å². The minimum atomic E-state index is -3.62. The minimum Gasteiger partial charge on any atom is -0.497 e. The monoisotopic (exact) mass is 442 g/mol. The van der Waals surface area contributed by atoms with Crippen LogP contribution in [-0.4, -0.2) is 35.9 Å². The lowest BCUT2D eigenvalue weighted by Gasteiger charge is -2.17. The Bertz CT molecular complexity index is 1250. The van der Waals surface area contributed by atoms with Crippen molar-refractivity contribution in [2.24, 2.45) is 0 Å². The third-order valence-electron chi connectivity index (χ3n) is 5.59. The first-order valence-corrected chi connectivity index (χ1v) is 11.7. The SMILES string of the molecule is COc1cccc(Cn2nc3n(c2=O)CCC(NS(=O)(=O)c2ccccc2C)CC3)c1. The number of rotatable bonds is 6. The number of benzene rings is 2. The van der Waals surface area contributed by atoms with Gasteiger partial charge in [-0.05, 0) is 49.1 Å². The Balaban J connectivity index is 1.48. The minimum absolute atomic E-state index is 0.180. The zero-order valence-corrected chi connectivity index (χ0v) is 18.4. The molecule has 8 nitrogen and oxygen atoms in total. The highest BCUT2D eigenvalue weighted by atomic mass is 32.2. The molecule has 1 aliphatic rings. The molecular weight excluding hydrogens is 416 g/mol.